The van der Waals surface area contributed by atoms with E-state index in [0.717, 1.165) is 56.1 Å². The van der Waals surface area contributed by atoms with Gasteiger partial charge in [0.25, 0.3) is 0 Å². The van der Waals surface area contributed by atoms with Crippen LogP contribution in [-0.2, 0) is 4.79 Å². The molecular weight excluding hydrogens is 442 g/mol. The summed E-state index contributed by atoms with van der Waals surface area (Å²) < 4.78 is 16.5. The number of ether oxygens (including phenoxy) is 3. The Hall–Kier alpha value is -2.47. The molecule has 190 valence electrons. The summed E-state index contributed by atoms with van der Waals surface area (Å²) in [7, 11) is 4.79. The molecule has 6 nitrogen and oxygen atoms in total. The molecule has 2 N–H and O–H groups in total. The largest absolute Gasteiger partial charge is 0.493 e. The van der Waals surface area contributed by atoms with Crippen LogP contribution in [0, 0.1) is 23.2 Å². The average molecular weight is 482 g/mol. The topological polar surface area (TPSA) is 77.0 Å². The molecule has 1 saturated heterocycles. The highest BCUT2D eigenvalue weighted by molar-refractivity contribution is 5.99. The number of benzene rings is 1. The number of hydrogen-bond donors (Lipinski definition) is 2. The van der Waals surface area contributed by atoms with Crippen molar-refractivity contribution in [2.75, 3.05) is 21.3 Å². The second-order valence-corrected chi connectivity index (χ2v) is 11.4. The second kappa shape index (κ2) is 8.88. The van der Waals surface area contributed by atoms with E-state index in [1.54, 1.807) is 21.3 Å². The second-order valence-electron chi connectivity index (χ2n) is 11.4. The molecule has 5 rings (SSSR count). The molecule has 0 radical (unpaired) electrons. The number of amides is 1. The van der Waals surface area contributed by atoms with Gasteiger partial charge in [0.1, 0.15) is 0 Å². The Balaban J connectivity index is 1.48. The predicted molar refractivity (Wildman–Crippen MR) is 136 cm³/mol. The summed E-state index contributed by atoms with van der Waals surface area (Å²) in [4.78, 5) is 13.3. The van der Waals surface area contributed by atoms with Crippen LogP contribution in [-0.4, -0.2) is 44.0 Å². The van der Waals surface area contributed by atoms with E-state index in [-0.39, 0.29) is 23.0 Å². The number of aliphatic hydroxyl groups excluding tert-OH is 1. The number of fused-ring (bicyclic) bond motifs is 5. The quantitative estimate of drug-likeness (QED) is 0.473. The van der Waals surface area contributed by atoms with E-state index < -0.39 is 0 Å². The zero-order valence-electron chi connectivity index (χ0n) is 21.6. The third kappa shape index (κ3) is 3.94. The van der Waals surface area contributed by atoms with Gasteiger partial charge < -0.3 is 24.6 Å². The Morgan fingerprint density at radius 2 is 1.71 bits per heavy atom. The van der Waals surface area contributed by atoms with Crippen LogP contribution in [0.3, 0.4) is 0 Å². The number of methoxy groups -OCH3 is 3. The lowest BCUT2D eigenvalue weighted by Gasteiger charge is -2.59. The molecule has 1 heterocycles. The van der Waals surface area contributed by atoms with Crippen molar-refractivity contribution in [2.24, 2.45) is 23.2 Å². The first-order valence-corrected chi connectivity index (χ1v) is 12.9. The molecule has 0 unspecified atom stereocenters. The Labute approximate surface area is 208 Å². The minimum atomic E-state index is -0.193. The first-order chi connectivity index (χ1) is 16.7. The monoisotopic (exact) mass is 481 g/mol. The summed E-state index contributed by atoms with van der Waals surface area (Å²) >= 11 is 0. The Kier molecular flexibility index (Phi) is 6.15. The molecule has 2 saturated carbocycles. The molecule has 35 heavy (non-hydrogen) atoms. The molecule has 3 aliphatic carbocycles. The van der Waals surface area contributed by atoms with E-state index in [2.05, 4.69) is 25.2 Å². The van der Waals surface area contributed by atoms with E-state index >= 15 is 0 Å². The number of rotatable bonds is 4. The zero-order chi connectivity index (χ0) is 25.0. The number of carbonyl (C=O) groups excluding carboxylic acids is 1. The average Bonchev–Trinajstić information content (AvgIpc) is 2.84. The van der Waals surface area contributed by atoms with Crippen molar-refractivity contribution in [1.82, 2.24) is 5.32 Å². The highest BCUT2D eigenvalue weighted by Gasteiger charge is 2.56. The molecule has 1 amide bonds. The van der Waals surface area contributed by atoms with Crippen molar-refractivity contribution in [3.8, 4) is 17.2 Å². The lowest BCUT2D eigenvalue weighted by molar-refractivity contribution is -0.125. The van der Waals surface area contributed by atoms with Crippen LogP contribution in [0.2, 0.25) is 0 Å². The SMILES string of the molecule is COc1cc(C=C2C[C@H]3[C@@H]4CC=C5C[C@@H](O)CC[C@]5(C)[C@H]4CC[C@]3(C)NC2=O)cc(OC)c1OC. The van der Waals surface area contributed by atoms with E-state index in [1.807, 2.05) is 18.2 Å². The van der Waals surface area contributed by atoms with E-state index in [9.17, 15) is 9.90 Å². The van der Waals surface area contributed by atoms with Gasteiger partial charge in [-0.25, -0.2) is 0 Å². The summed E-state index contributed by atoms with van der Waals surface area (Å²) in [6.07, 6.45) is 10.9. The van der Waals surface area contributed by atoms with Gasteiger partial charge in [-0.15, -0.1) is 0 Å². The first kappa shape index (κ1) is 24.2. The van der Waals surface area contributed by atoms with Crippen LogP contribution in [0.15, 0.2) is 29.4 Å². The van der Waals surface area contributed by atoms with Gasteiger partial charge in [-0.05, 0) is 98.8 Å². The summed E-state index contributed by atoms with van der Waals surface area (Å²) in [6, 6.07) is 3.78. The summed E-state index contributed by atoms with van der Waals surface area (Å²) in [5, 5.41) is 13.7. The fraction of sp³-hybridized carbons (Fsp3) is 0.621. The number of nitrogens with one attached hydrogen (secondary N) is 1. The summed E-state index contributed by atoms with van der Waals surface area (Å²) in [5.74, 6) is 3.24. The molecule has 0 spiro atoms. The fourth-order valence-electron chi connectivity index (χ4n) is 7.67. The molecule has 1 aliphatic heterocycles. The molecule has 6 atom stereocenters. The number of carbonyl (C=O) groups is 1. The van der Waals surface area contributed by atoms with E-state index in [1.165, 1.54) is 5.57 Å². The third-order valence-electron chi connectivity index (χ3n) is 9.63. The van der Waals surface area contributed by atoms with E-state index in [4.69, 9.17) is 14.2 Å². The van der Waals surface area contributed by atoms with Crippen molar-refractivity contribution < 1.29 is 24.1 Å². The minimum absolute atomic E-state index is 0.0231. The maximum Gasteiger partial charge on any atom is 0.247 e. The van der Waals surface area contributed by atoms with Crippen molar-refractivity contribution in [3.63, 3.8) is 0 Å². The van der Waals surface area contributed by atoms with Gasteiger partial charge in [-0.1, -0.05) is 18.6 Å². The Bertz CT molecular complexity index is 1050. The number of hydrogen-bond acceptors (Lipinski definition) is 5. The van der Waals surface area contributed by atoms with Crippen LogP contribution in [0.4, 0.5) is 0 Å². The lowest BCUT2D eigenvalue weighted by atomic mass is 9.48. The maximum atomic E-state index is 13.3. The van der Waals surface area contributed by atoms with Gasteiger partial charge in [0.2, 0.25) is 11.7 Å². The predicted octanol–water partition coefficient (Wildman–Crippen LogP) is 4.90. The molecule has 4 aliphatic rings. The number of piperidine rings is 1. The normalized spacial score (nSPS) is 37.4. The fourth-order valence-corrected chi connectivity index (χ4v) is 7.67. The van der Waals surface area contributed by atoms with Crippen LogP contribution < -0.4 is 19.5 Å². The lowest BCUT2D eigenvalue weighted by Crippen LogP contribution is -2.63. The Morgan fingerprint density at radius 1 is 1.00 bits per heavy atom. The number of aliphatic hydroxyl groups is 1. The number of allylic oxidation sites excluding steroid dienone is 1. The van der Waals surface area contributed by atoms with Crippen LogP contribution in [0.5, 0.6) is 17.2 Å². The molecule has 0 aromatic heterocycles. The summed E-state index contributed by atoms with van der Waals surface area (Å²) in [5.41, 5.74) is 3.13. The van der Waals surface area contributed by atoms with Crippen molar-refractivity contribution in [2.45, 2.75) is 70.4 Å². The third-order valence-corrected chi connectivity index (χ3v) is 9.63. The maximum absolute atomic E-state index is 13.3. The van der Waals surface area contributed by atoms with Crippen molar-refractivity contribution in [1.29, 1.82) is 0 Å². The molecular formula is C29H39NO5. The van der Waals surface area contributed by atoms with Crippen molar-refractivity contribution in [3.05, 3.63) is 34.9 Å². The van der Waals surface area contributed by atoms with Crippen molar-refractivity contribution >= 4 is 12.0 Å². The van der Waals surface area contributed by atoms with Gasteiger partial charge in [-0.3, -0.25) is 4.79 Å². The van der Waals surface area contributed by atoms with Gasteiger partial charge >= 0.3 is 0 Å². The van der Waals surface area contributed by atoms with Gasteiger partial charge in [0.05, 0.1) is 27.4 Å². The first-order valence-electron chi connectivity index (χ1n) is 12.9. The van der Waals surface area contributed by atoms with Crippen LogP contribution >= 0.6 is 0 Å². The van der Waals surface area contributed by atoms with Gasteiger partial charge in [0.15, 0.2) is 11.5 Å². The van der Waals surface area contributed by atoms with Gasteiger partial charge in [0, 0.05) is 11.1 Å². The minimum Gasteiger partial charge on any atom is -0.493 e. The van der Waals surface area contributed by atoms with Crippen LogP contribution in [0.1, 0.15) is 64.4 Å². The molecule has 1 aromatic rings. The molecule has 3 fully saturated rings. The van der Waals surface area contributed by atoms with Crippen LogP contribution in [0.25, 0.3) is 6.08 Å². The Morgan fingerprint density at radius 3 is 2.37 bits per heavy atom. The zero-order valence-corrected chi connectivity index (χ0v) is 21.6. The highest BCUT2D eigenvalue weighted by Crippen LogP contribution is 2.61. The molecule has 1 aromatic carbocycles. The molecule has 6 heteroatoms. The van der Waals surface area contributed by atoms with Gasteiger partial charge in [-0.2, -0.15) is 0 Å². The summed E-state index contributed by atoms with van der Waals surface area (Å²) in [6.45, 7) is 4.67. The smallest absolute Gasteiger partial charge is 0.247 e. The highest BCUT2D eigenvalue weighted by atomic mass is 16.5. The standard InChI is InChI=1S/C29H39NO5/c1-28-10-8-20(31)16-19(28)6-7-21-22(28)9-11-29(2)23(21)15-18(27(32)30-29)12-17-13-24(33-3)26(35-5)25(14-17)34-4/h6,12-14,20-23,31H,7-11,15-16H2,1-5H3,(H,30,32)/t20-,21+,22-,23-,28-,29-/m0/s1. The van der Waals surface area contributed by atoms with E-state index in [0.29, 0.717) is 35.0 Å². The molecule has 0 bridgehead atoms.